The van der Waals surface area contributed by atoms with E-state index >= 15 is 0 Å². The Labute approximate surface area is 85.6 Å². The minimum atomic E-state index is -4.64. The molecule has 7 nitrogen and oxygen atoms in total. The molecule has 0 saturated heterocycles. The lowest BCUT2D eigenvalue weighted by molar-refractivity contribution is -0.138. The molecule has 6 N–H and O–H groups in total. The maximum atomic E-state index is 10.1. The van der Waals surface area contributed by atoms with Crippen LogP contribution in [0.1, 0.15) is 6.42 Å². The molecule has 14 heavy (non-hydrogen) atoms. The molecule has 0 spiro atoms. The molecule has 0 aromatic carbocycles. The zero-order valence-corrected chi connectivity index (χ0v) is 9.24. The Kier molecular flexibility index (Phi) is 9.58. The van der Waals surface area contributed by atoms with Gasteiger partial charge in [-0.25, -0.2) is 4.57 Å². The molecule has 0 aromatic rings. The number of phosphoric acid groups is 1. The Hall–Kier alpha value is -0.110. The molecule has 0 rings (SSSR count). The maximum Gasteiger partial charge on any atom is 0.466 e. The monoisotopic (exact) mass is 247 g/mol. The van der Waals surface area contributed by atoms with E-state index in [1.54, 1.807) is 11.8 Å². The van der Waals surface area contributed by atoms with E-state index in [9.17, 15) is 4.79 Å². The molecule has 0 saturated carbocycles. The van der Waals surface area contributed by atoms with Crippen LogP contribution in [0.15, 0.2) is 0 Å². The summed E-state index contributed by atoms with van der Waals surface area (Å²) < 4.78 is 8.88. The normalized spacial score (nSPS) is 12.6. The van der Waals surface area contributed by atoms with E-state index in [4.69, 9.17) is 30.1 Å². The summed E-state index contributed by atoms with van der Waals surface area (Å²) >= 11 is 1.60. The van der Waals surface area contributed by atoms with Crippen LogP contribution >= 0.6 is 19.6 Å². The Balaban J connectivity index is 0. The molecule has 0 fully saturated rings. The van der Waals surface area contributed by atoms with Crippen LogP contribution in [-0.4, -0.2) is 43.8 Å². The molecule has 0 radical (unpaired) electrons. The molecule has 0 aliphatic heterocycles. The van der Waals surface area contributed by atoms with E-state index < -0.39 is 19.8 Å². The smallest absolute Gasteiger partial charge is 0.466 e. The van der Waals surface area contributed by atoms with E-state index in [-0.39, 0.29) is 0 Å². The first-order valence-electron chi connectivity index (χ1n) is 3.44. The first-order chi connectivity index (χ1) is 6.18. The summed E-state index contributed by atoms with van der Waals surface area (Å²) in [5.74, 6) is -0.1000. The number of carbonyl (C=O) groups is 1. The Morgan fingerprint density at radius 3 is 2.07 bits per heavy atom. The highest BCUT2D eigenvalue weighted by Crippen LogP contribution is 2.25. The quantitative estimate of drug-likeness (QED) is 0.407. The molecular weight excluding hydrogens is 233 g/mol. The molecule has 0 aliphatic rings. The first-order valence-corrected chi connectivity index (χ1v) is 6.40. The molecule has 0 bridgehead atoms. The van der Waals surface area contributed by atoms with Gasteiger partial charge in [0.25, 0.3) is 0 Å². The zero-order chi connectivity index (χ0) is 11.8. The number of thioether (sulfide) groups is 1. The molecule has 0 heterocycles. The number of nitrogens with two attached hydrogens (primary N) is 1. The lowest BCUT2D eigenvalue weighted by atomic mass is 10.2. The SMILES string of the molecule is CSCC[C@H](N)C(=O)O.O=P(O)(O)O. The number of aliphatic carboxylic acids is 1. The van der Waals surface area contributed by atoms with Crippen molar-refractivity contribution in [1.29, 1.82) is 0 Å². The van der Waals surface area contributed by atoms with Gasteiger partial charge < -0.3 is 25.5 Å². The zero-order valence-electron chi connectivity index (χ0n) is 7.53. The number of carboxylic acids is 1. The third-order valence-corrected chi connectivity index (χ3v) is 1.59. The molecule has 1 atom stereocenters. The fourth-order valence-corrected chi connectivity index (χ4v) is 0.858. The van der Waals surface area contributed by atoms with Gasteiger partial charge in [0.2, 0.25) is 0 Å². The highest BCUT2D eigenvalue weighted by molar-refractivity contribution is 7.98. The fourth-order valence-electron chi connectivity index (χ4n) is 0.368. The lowest BCUT2D eigenvalue weighted by Gasteiger charge is -2.02. The molecular formula is C5H14NO6PS. The van der Waals surface area contributed by atoms with Crippen molar-refractivity contribution in [3.63, 3.8) is 0 Å². The van der Waals surface area contributed by atoms with E-state index in [0.717, 1.165) is 5.75 Å². The van der Waals surface area contributed by atoms with Gasteiger partial charge in [0.05, 0.1) is 0 Å². The Bertz CT molecular complexity index is 198. The van der Waals surface area contributed by atoms with E-state index in [1.807, 2.05) is 6.26 Å². The molecule has 0 aromatic heterocycles. The minimum absolute atomic E-state index is 0.552. The highest BCUT2D eigenvalue weighted by Gasteiger charge is 2.08. The summed E-state index contributed by atoms with van der Waals surface area (Å²) in [4.78, 5) is 31.6. The fraction of sp³-hybridized carbons (Fsp3) is 0.800. The summed E-state index contributed by atoms with van der Waals surface area (Å²) in [6.45, 7) is 0. The summed E-state index contributed by atoms with van der Waals surface area (Å²) in [7, 11) is -4.64. The van der Waals surface area contributed by atoms with Gasteiger partial charge in [0, 0.05) is 0 Å². The number of carboxylic acid groups (broad SMARTS) is 1. The average molecular weight is 247 g/mol. The molecule has 9 heteroatoms. The Morgan fingerprint density at radius 1 is 1.50 bits per heavy atom. The van der Waals surface area contributed by atoms with Gasteiger partial charge in [-0.15, -0.1) is 0 Å². The average Bonchev–Trinajstić information content (AvgIpc) is 1.96. The van der Waals surface area contributed by atoms with Crippen molar-refractivity contribution in [2.45, 2.75) is 12.5 Å². The second-order valence-corrected chi connectivity index (χ2v) is 4.25. The number of rotatable bonds is 4. The van der Waals surface area contributed by atoms with Crippen LogP contribution < -0.4 is 5.73 Å². The largest absolute Gasteiger partial charge is 0.480 e. The van der Waals surface area contributed by atoms with Crippen LogP contribution in [0.25, 0.3) is 0 Å². The van der Waals surface area contributed by atoms with Crippen molar-refractivity contribution in [2.75, 3.05) is 12.0 Å². The molecule has 86 valence electrons. The van der Waals surface area contributed by atoms with Gasteiger partial charge in [0.15, 0.2) is 0 Å². The summed E-state index contributed by atoms with van der Waals surface area (Å²) in [6, 6.07) is -0.683. The van der Waals surface area contributed by atoms with Crippen molar-refractivity contribution < 1.29 is 29.1 Å². The second-order valence-electron chi connectivity index (χ2n) is 2.24. The topological polar surface area (TPSA) is 141 Å². The highest BCUT2D eigenvalue weighted by atomic mass is 32.2. The van der Waals surface area contributed by atoms with Crippen LogP contribution in [0.5, 0.6) is 0 Å². The van der Waals surface area contributed by atoms with Crippen molar-refractivity contribution >= 4 is 25.6 Å². The van der Waals surface area contributed by atoms with Crippen molar-refractivity contribution in [3.05, 3.63) is 0 Å². The van der Waals surface area contributed by atoms with E-state index in [2.05, 4.69) is 0 Å². The van der Waals surface area contributed by atoms with Crippen LogP contribution in [0, 0.1) is 0 Å². The van der Waals surface area contributed by atoms with Gasteiger partial charge in [0.1, 0.15) is 6.04 Å². The van der Waals surface area contributed by atoms with Crippen molar-refractivity contribution in [3.8, 4) is 0 Å². The number of hydrogen-bond donors (Lipinski definition) is 5. The third-order valence-electron chi connectivity index (χ3n) is 0.950. The minimum Gasteiger partial charge on any atom is -0.480 e. The van der Waals surface area contributed by atoms with Crippen LogP contribution in [0.2, 0.25) is 0 Å². The van der Waals surface area contributed by atoms with Gasteiger partial charge >= 0.3 is 13.8 Å². The third kappa shape index (κ3) is 22.7. The van der Waals surface area contributed by atoms with E-state index in [1.165, 1.54) is 0 Å². The van der Waals surface area contributed by atoms with Gasteiger partial charge in [-0.3, -0.25) is 4.79 Å². The predicted molar refractivity (Wildman–Crippen MR) is 52.9 cm³/mol. The van der Waals surface area contributed by atoms with Crippen molar-refractivity contribution in [2.24, 2.45) is 5.73 Å². The summed E-state index contributed by atoms with van der Waals surface area (Å²) in [5.41, 5.74) is 5.19. The van der Waals surface area contributed by atoms with Gasteiger partial charge in [-0.1, -0.05) is 0 Å². The number of hydrogen-bond acceptors (Lipinski definition) is 4. The lowest BCUT2D eigenvalue weighted by Crippen LogP contribution is -2.30. The second kappa shape index (κ2) is 8.22. The van der Waals surface area contributed by atoms with Gasteiger partial charge in [-0.05, 0) is 18.4 Å². The van der Waals surface area contributed by atoms with Crippen LogP contribution in [-0.2, 0) is 9.36 Å². The van der Waals surface area contributed by atoms with Gasteiger partial charge in [-0.2, -0.15) is 11.8 Å². The van der Waals surface area contributed by atoms with Crippen molar-refractivity contribution in [1.82, 2.24) is 0 Å². The molecule has 0 unspecified atom stereocenters. The molecule has 0 amide bonds. The first kappa shape index (κ1) is 16.3. The predicted octanol–water partition coefficient (Wildman–Crippen LogP) is -0.777. The van der Waals surface area contributed by atoms with Crippen LogP contribution in [0.4, 0.5) is 0 Å². The van der Waals surface area contributed by atoms with Crippen LogP contribution in [0.3, 0.4) is 0 Å². The Morgan fingerprint density at radius 2 is 1.86 bits per heavy atom. The standard InChI is InChI=1S/C5H11NO2S.H3O4P/c1-9-3-2-4(6)5(7)8;1-5(2,3)4/h4H,2-3,6H2,1H3,(H,7,8);(H3,1,2,3,4)/t4-;/m0./s1. The maximum absolute atomic E-state index is 10.1. The molecule has 0 aliphatic carbocycles. The van der Waals surface area contributed by atoms with E-state index in [0.29, 0.717) is 6.42 Å². The summed E-state index contributed by atoms with van der Waals surface area (Å²) in [5, 5.41) is 8.27. The summed E-state index contributed by atoms with van der Waals surface area (Å²) in [6.07, 6.45) is 2.48.